The van der Waals surface area contributed by atoms with Gasteiger partial charge in [0.15, 0.2) is 10.1 Å². The van der Waals surface area contributed by atoms with Gasteiger partial charge >= 0.3 is 52.8 Å². The minimum absolute atomic E-state index is 0. The molecule has 0 saturated heterocycles. The maximum atomic E-state index is 12.4. The topological polar surface area (TPSA) is 57.2 Å². The van der Waals surface area contributed by atoms with Crippen molar-refractivity contribution in [2.45, 2.75) is 29.7 Å². The average molecular weight is 336 g/mol. The minimum Gasteiger partial charge on any atom is -0.743 e. The van der Waals surface area contributed by atoms with Gasteiger partial charge in [-0.25, -0.2) is 8.42 Å². The summed E-state index contributed by atoms with van der Waals surface area (Å²) in [5, 5.41) is -6.88. The van der Waals surface area contributed by atoms with E-state index in [4.69, 9.17) is 0 Å². The Kier molecular flexibility index (Phi) is 6.34. The predicted molar refractivity (Wildman–Crippen MR) is 35.2 cm³/mol. The molecule has 0 bridgehead atoms. The Bertz CT molecular complexity index is 414. The molecule has 0 aliphatic rings. The van der Waals surface area contributed by atoms with E-state index in [9.17, 15) is 52.5 Å². The minimum atomic E-state index is -7.28. The number of rotatable bonds is 4. The van der Waals surface area contributed by atoms with E-state index in [1.807, 2.05) is 0 Å². The zero-order chi connectivity index (χ0) is 15.2. The third-order valence-electron chi connectivity index (χ3n) is 1.56. The molecule has 0 aromatic carbocycles. The van der Waals surface area contributed by atoms with Gasteiger partial charge in [-0.3, -0.25) is 0 Å². The van der Waals surface area contributed by atoms with Gasteiger partial charge in [-0.2, -0.15) is 39.5 Å². The molecule has 110 valence electrons. The van der Waals surface area contributed by atoms with Crippen molar-refractivity contribution in [3.63, 3.8) is 0 Å². The van der Waals surface area contributed by atoms with Crippen molar-refractivity contribution in [2.24, 2.45) is 0 Å². The smallest absolute Gasteiger partial charge is 0.743 e. The molecule has 14 heteroatoms. The number of hydrogen-bond acceptors (Lipinski definition) is 3. The summed E-state index contributed by atoms with van der Waals surface area (Å²) < 4.78 is 138. The van der Waals surface area contributed by atoms with Crippen molar-refractivity contribution in [2.75, 3.05) is 0 Å². The fourth-order valence-corrected chi connectivity index (χ4v) is 1.20. The standard InChI is InChI=1S/C5H3F9O3S.Na/c6-2(7,1-3(8,9)10)4(11,12)5(13,14)18(15,16)17;/h1H2,(H,15,16,17);/q;+1/p-1. The molecule has 0 heterocycles. The zero-order valence-electron chi connectivity index (χ0n) is 8.74. The molecule has 0 aromatic rings. The molecule has 0 unspecified atom stereocenters. The van der Waals surface area contributed by atoms with Crippen LogP contribution in [0.5, 0.6) is 0 Å². The van der Waals surface area contributed by atoms with E-state index in [1.54, 1.807) is 0 Å². The van der Waals surface area contributed by atoms with Gasteiger partial charge in [-0.05, 0) is 0 Å². The Hall–Kier alpha value is 0.280. The molecular weight excluding hydrogens is 334 g/mol. The number of halogens is 9. The van der Waals surface area contributed by atoms with E-state index < -0.39 is 39.8 Å². The summed E-state index contributed by atoms with van der Waals surface area (Å²) >= 11 is 0. The largest absolute Gasteiger partial charge is 1.00 e. The second-order valence-corrected chi connectivity index (χ2v) is 4.46. The summed E-state index contributed by atoms with van der Waals surface area (Å²) in [7, 11) is -7.28. The third-order valence-corrected chi connectivity index (χ3v) is 2.45. The first-order chi connectivity index (χ1) is 7.46. The molecule has 3 nitrogen and oxygen atoms in total. The fraction of sp³-hybridized carbons (Fsp3) is 1.00. The van der Waals surface area contributed by atoms with Crippen LogP contribution in [0.4, 0.5) is 39.5 Å². The Morgan fingerprint density at radius 3 is 1.37 bits per heavy atom. The quantitative estimate of drug-likeness (QED) is 0.390. The molecule has 0 saturated carbocycles. The van der Waals surface area contributed by atoms with E-state index >= 15 is 0 Å². The van der Waals surface area contributed by atoms with Gasteiger partial charge in [0, 0.05) is 0 Å². The molecule has 19 heavy (non-hydrogen) atoms. The van der Waals surface area contributed by atoms with Crippen molar-refractivity contribution >= 4 is 10.1 Å². The molecular formula is C5H2F9NaO3S. The van der Waals surface area contributed by atoms with Gasteiger partial charge in [0.25, 0.3) is 0 Å². The summed E-state index contributed by atoms with van der Waals surface area (Å²) in [5.74, 6) is -13.5. The molecule has 0 radical (unpaired) electrons. The van der Waals surface area contributed by atoms with Crippen LogP contribution in [0.3, 0.4) is 0 Å². The first kappa shape index (κ1) is 21.6. The fourth-order valence-electron chi connectivity index (χ4n) is 0.733. The van der Waals surface area contributed by atoms with Crippen LogP contribution < -0.4 is 29.6 Å². The van der Waals surface area contributed by atoms with E-state index in [0.29, 0.717) is 0 Å². The molecule has 0 rings (SSSR count). The van der Waals surface area contributed by atoms with E-state index in [2.05, 4.69) is 0 Å². The summed E-state index contributed by atoms with van der Waals surface area (Å²) in [4.78, 5) is 0. The first-order valence-corrected chi connectivity index (χ1v) is 5.02. The second kappa shape index (κ2) is 5.58. The molecule has 0 spiro atoms. The Balaban J connectivity index is 0. The van der Waals surface area contributed by atoms with Crippen molar-refractivity contribution in [3.05, 3.63) is 0 Å². The monoisotopic (exact) mass is 336 g/mol. The van der Waals surface area contributed by atoms with Gasteiger partial charge in [0.05, 0.1) is 0 Å². The molecule has 0 N–H and O–H groups in total. The van der Waals surface area contributed by atoms with Gasteiger partial charge in [0.1, 0.15) is 6.42 Å². The average Bonchev–Trinajstić information content (AvgIpc) is 1.95. The van der Waals surface area contributed by atoms with E-state index in [0.717, 1.165) is 0 Å². The van der Waals surface area contributed by atoms with Crippen LogP contribution in [-0.4, -0.2) is 36.2 Å². The van der Waals surface area contributed by atoms with Crippen LogP contribution in [0, 0.1) is 0 Å². The maximum absolute atomic E-state index is 12.4. The summed E-state index contributed by atoms with van der Waals surface area (Å²) in [5.41, 5.74) is 0. The summed E-state index contributed by atoms with van der Waals surface area (Å²) in [6, 6.07) is 0. The van der Waals surface area contributed by atoms with Crippen LogP contribution in [0.25, 0.3) is 0 Å². The third kappa shape index (κ3) is 4.37. The molecule has 0 atom stereocenters. The Morgan fingerprint density at radius 1 is 0.842 bits per heavy atom. The van der Waals surface area contributed by atoms with E-state index in [1.165, 1.54) is 0 Å². The maximum Gasteiger partial charge on any atom is 1.00 e. The first-order valence-electron chi connectivity index (χ1n) is 3.61. The molecule has 0 fully saturated rings. The summed E-state index contributed by atoms with van der Waals surface area (Å²) in [6.45, 7) is 0. The molecule has 0 amide bonds. The van der Waals surface area contributed by atoms with Crippen molar-refractivity contribution in [3.8, 4) is 0 Å². The SMILES string of the molecule is O=S(=O)([O-])C(F)(F)C(F)(F)C(F)(F)CC(F)(F)F.[Na+]. The Labute approximate surface area is 122 Å². The van der Waals surface area contributed by atoms with Crippen molar-refractivity contribution < 1.29 is 82.0 Å². The Morgan fingerprint density at radius 2 is 1.16 bits per heavy atom. The number of alkyl halides is 9. The predicted octanol–water partition coefficient (Wildman–Crippen LogP) is -0.649. The molecule has 0 aliphatic heterocycles. The van der Waals surface area contributed by atoms with Crippen LogP contribution >= 0.6 is 0 Å². The van der Waals surface area contributed by atoms with Crippen LogP contribution in [0.1, 0.15) is 6.42 Å². The second-order valence-electron chi connectivity index (χ2n) is 3.04. The molecule has 0 aliphatic carbocycles. The normalized spacial score (nSPS) is 15.1. The van der Waals surface area contributed by atoms with Crippen LogP contribution in [0.2, 0.25) is 0 Å². The van der Waals surface area contributed by atoms with Crippen molar-refractivity contribution in [1.82, 2.24) is 0 Å². The van der Waals surface area contributed by atoms with Gasteiger partial charge in [-0.15, -0.1) is 0 Å². The van der Waals surface area contributed by atoms with Crippen LogP contribution in [-0.2, 0) is 10.1 Å². The van der Waals surface area contributed by atoms with Gasteiger partial charge in [0.2, 0.25) is 0 Å². The van der Waals surface area contributed by atoms with Gasteiger partial charge in [-0.1, -0.05) is 0 Å². The molecule has 0 aromatic heterocycles. The van der Waals surface area contributed by atoms with Crippen LogP contribution in [0.15, 0.2) is 0 Å². The summed E-state index contributed by atoms with van der Waals surface area (Å²) in [6.07, 6.45) is -9.69. The van der Waals surface area contributed by atoms with Crippen molar-refractivity contribution in [1.29, 1.82) is 0 Å². The number of hydrogen-bond donors (Lipinski definition) is 0. The zero-order valence-corrected chi connectivity index (χ0v) is 11.6. The van der Waals surface area contributed by atoms with E-state index in [-0.39, 0.29) is 29.6 Å². The van der Waals surface area contributed by atoms with Gasteiger partial charge < -0.3 is 4.55 Å².